The summed E-state index contributed by atoms with van der Waals surface area (Å²) in [4.78, 5) is 26.9. The first kappa shape index (κ1) is 14.1. The van der Waals surface area contributed by atoms with Gasteiger partial charge in [-0.15, -0.1) is 0 Å². The van der Waals surface area contributed by atoms with E-state index in [9.17, 15) is 9.59 Å². The Hall–Kier alpha value is -2.83. The first-order valence-corrected chi connectivity index (χ1v) is 6.90. The van der Waals surface area contributed by atoms with Crippen LogP contribution in [0.15, 0.2) is 30.3 Å². The number of nitrogens with two attached hydrogens (primary N) is 1. The first-order chi connectivity index (χ1) is 10.5. The van der Waals surface area contributed by atoms with Crippen LogP contribution in [-0.4, -0.2) is 46.6 Å². The van der Waals surface area contributed by atoms with Crippen molar-refractivity contribution >= 4 is 23.3 Å². The third-order valence-corrected chi connectivity index (χ3v) is 3.76. The molecule has 1 aliphatic heterocycles. The number of aryl methyl sites for hydroxylation is 1. The Morgan fingerprint density at radius 1 is 1.09 bits per heavy atom. The van der Waals surface area contributed by atoms with Crippen molar-refractivity contribution in [3.05, 3.63) is 30.3 Å². The number of nitrogen functional groups attached to an aromatic ring is 1. The molecule has 7 nitrogen and oxygen atoms in total. The molecule has 1 aromatic heterocycles. The zero-order valence-corrected chi connectivity index (χ0v) is 12.5. The van der Waals surface area contributed by atoms with Gasteiger partial charge in [0.15, 0.2) is 0 Å². The summed E-state index contributed by atoms with van der Waals surface area (Å²) in [7, 11) is 3.40. The fraction of sp³-hybridized carbons (Fsp3) is 0.267. The van der Waals surface area contributed by atoms with Crippen LogP contribution in [0.4, 0.5) is 11.5 Å². The lowest BCUT2D eigenvalue weighted by molar-refractivity contribution is -0.136. The summed E-state index contributed by atoms with van der Waals surface area (Å²) >= 11 is 0. The molecule has 2 aromatic rings. The maximum Gasteiger partial charge on any atom is 0.247 e. The molecular weight excluding hydrogens is 282 g/mol. The minimum Gasteiger partial charge on any atom is -0.384 e. The number of hydrogen-bond donors (Lipinski definition) is 1. The van der Waals surface area contributed by atoms with Crippen LogP contribution in [0.3, 0.4) is 0 Å². The van der Waals surface area contributed by atoms with Crippen LogP contribution in [0.2, 0.25) is 0 Å². The smallest absolute Gasteiger partial charge is 0.247 e. The number of hydrogen-bond acceptors (Lipinski definition) is 4. The molecule has 0 atom stereocenters. The monoisotopic (exact) mass is 299 g/mol. The summed E-state index contributed by atoms with van der Waals surface area (Å²) in [6.45, 7) is 0.155. The predicted octanol–water partition coefficient (Wildman–Crippen LogP) is 0.474. The number of likely N-dealkylation sites (N-methyl/N-ethyl adjacent to an activating group) is 1. The Labute approximate surface area is 127 Å². The minimum absolute atomic E-state index is 0.0587. The largest absolute Gasteiger partial charge is 0.384 e. The lowest BCUT2D eigenvalue weighted by Crippen LogP contribution is -2.52. The number of benzene rings is 1. The number of piperazine rings is 1. The molecule has 1 aromatic carbocycles. The maximum atomic E-state index is 12.1. The molecule has 0 radical (unpaired) electrons. The molecule has 0 aliphatic carbocycles. The van der Waals surface area contributed by atoms with E-state index < -0.39 is 0 Å². The zero-order valence-electron chi connectivity index (χ0n) is 12.5. The van der Waals surface area contributed by atoms with Crippen LogP contribution in [0.25, 0.3) is 11.3 Å². The highest BCUT2D eigenvalue weighted by Crippen LogP contribution is 2.26. The first-order valence-electron chi connectivity index (χ1n) is 6.90. The second kappa shape index (κ2) is 5.18. The highest BCUT2D eigenvalue weighted by molar-refractivity contribution is 6.04. The second-order valence-electron chi connectivity index (χ2n) is 5.36. The highest BCUT2D eigenvalue weighted by Gasteiger charge is 2.28. The molecule has 22 heavy (non-hydrogen) atoms. The third-order valence-electron chi connectivity index (χ3n) is 3.76. The molecule has 0 unspecified atom stereocenters. The SMILES string of the molecule is CN1CC(=O)N(c2cccc(-c3cc(N)n(C)n3)c2)CC1=O. The lowest BCUT2D eigenvalue weighted by atomic mass is 10.1. The van der Waals surface area contributed by atoms with Crippen molar-refractivity contribution in [1.82, 2.24) is 14.7 Å². The number of nitrogens with zero attached hydrogens (tertiary/aromatic N) is 4. The van der Waals surface area contributed by atoms with E-state index in [-0.39, 0.29) is 24.9 Å². The van der Waals surface area contributed by atoms with E-state index in [4.69, 9.17) is 5.73 Å². The van der Waals surface area contributed by atoms with E-state index in [1.165, 1.54) is 9.80 Å². The van der Waals surface area contributed by atoms with Gasteiger partial charge in [0.05, 0.1) is 12.2 Å². The molecule has 2 amide bonds. The van der Waals surface area contributed by atoms with Gasteiger partial charge in [0.2, 0.25) is 11.8 Å². The molecule has 1 aliphatic rings. The number of aromatic nitrogens is 2. The van der Waals surface area contributed by atoms with E-state index in [1.807, 2.05) is 24.3 Å². The molecule has 2 heterocycles. The third kappa shape index (κ3) is 2.41. The standard InChI is InChI=1S/C15H17N5O2/c1-18-8-15(22)20(9-14(18)21)11-5-3-4-10(6-11)12-7-13(16)19(2)17-12/h3-7H,8-9,16H2,1-2H3. The van der Waals surface area contributed by atoms with Crippen LogP contribution < -0.4 is 10.6 Å². The van der Waals surface area contributed by atoms with Gasteiger partial charge in [-0.3, -0.25) is 14.3 Å². The van der Waals surface area contributed by atoms with Crippen LogP contribution in [0, 0.1) is 0 Å². The van der Waals surface area contributed by atoms with Gasteiger partial charge in [-0.25, -0.2) is 0 Å². The summed E-state index contributed by atoms with van der Waals surface area (Å²) in [5, 5.41) is 4.33. The summed E-state index contributed by atoms with van der Waals surface area (Å²) in [6.07, 6.45) is 0. The van der Waals surface area contributed by atoms with Crippen molar-refractivity contribution in [2.75, 3.05) is 30.8 Å². The Morgan fingerprint density at radius 3 is 2.55 bits per heavy atom. The van der Waals surface area contributed by atoms with E-state index in [0.29, 0.717) is 11.5 Å². The Kier molecular flexibility index (Phi) is 3.32. The van der Waals surface area contributed by atoms with Crippen molar-refractivity contribution in [2.45, 2.75) is 0 Å². The summed E-state index contributed by atoms with van der Waals surface area (Å²) in [5.41, 5.74) is 8.07. The van der Waals surface area contributed by atoms with Gasteiger partial charge in [-0.1, -0.05) is 12.1 Å². The van der Waals surface area contributed by atoms with Gasteiger partial charge in [-0.2, -0.15) is 5.10 Å². The van der Waals surface area contributed by atoms with Crippen molar-refractivity contribution in [1.29, 1.82) is 0 Å². The fourth-order valence-electron chi connectivity index (χ4n) is 2.41. The zero-order chi connectivity index (χ0) is 15.9. The normalized spacial score (nSPS) is 15.5. The van der Waals surface area contributed by atoms with Gasteiger partial charge in [0.25, 0.3) is 0 Å². The van der Waals surface area contributed by atoms with Crippen molar-refractivity contribution in [3.8, 4) is 11.3 Å². The predicted molar refractivity (Wildman–Crippen MR) is 83.0 cm³/mol. The average molecular weight is 299 g/mol. The van der Waals surface area contributed by atoms with Crippen LogP contribution >= 0.6 is 0 Å². The van der Waals surface area contributed by atoms with E-state index in [1.54, 1.807) is 24.8 Å². The van der Waals surface area contributed by atoms with Gasteiger partial charge >= 0.3 is 0 Å². The molecule has 2 N–H and O–H groups in total. The second-order valence-corrected chi connectivity index (χ2v) is 5.36. The van der Waals surface area contributed by atoms with Crippen LogP contribution in [-0.2, 0) is 16.6 Å². The van der Waals surface area contributed by atoms with Crippen molar-refractivity contribution in [2.24, 2.45) is 7.05 Å². The van der Waals surface area contributed by atoms with E-state index in [0.717, 1.165) is 11.3 Å². The average Bonchev–Trinajstić information content (AvgIpc) is 2.83. The van der Waals surface area contributed by atoms with Gasteiger partial charge in [0, 0.05) is 31.4 Å². The Balaban J connectivity index is 1.94. The quantitative estimate of drug-likeness (QED) is 0.874. The van der Waals surface area contributed by atoms with Gasteiger partial charge < -0.3 is 15.5 Å². The topological polar surface area (TPSA) is 84.5 Å². The molecule has 1 saturated heterocycles. The number of anilines is 2. The summed E-state index contributed by atoms with van der Waals surface area (Å²) in [6, 6.07) is 9.17. The lowest BCUT2D eigenvalue weighted by Gasteiger charge is -2.31. The van der Waals surface area contributed by atoms with Crippen molar-refractivity contribution in [3.63, 3.8) is 0 Å². The minimum atomic E-state index is -0.0974. The number of carbonyl (C=O) groups excluding carboxylic acids is 2. The number of rotatable bonds is 2. The summed E-state index contributed by atoms with van der Waals surface area (Å²) in [5.74, 6) is 0.387. The van der Waals surface area contributed by atoms with E-state index in [2.05, 4.69) is 5.10 Å². The fourth-order valence-corrected chi connectivity index (χ4v) is 2.41. The molecule has 1 fully saturated rings. The van der Waals surface area contributed by atoms with Crippen LogP contribution in [0.1, 0.15) is 0 Å². The van der Waals surface area contributed by atoms with Gasteiger partial charge in [0.1, 0.15) is 12.4 Å². The summed E-state index contributed by atoms with van der Waals surface area (Å²) < 4.78 is 1.59. The molecule has 114 valence electrons. The molecule has 0 saturated carbocycles. The van der Waals surface area contributed by atoms with Crippen LogP contribution in [0.5, 0.6) is 0 Å². The molecular formula is C15H17N5O2. The van der Waals surface area contributed by atoms with Gasteiger partial charge in [-0.05, 0) is 12.1 Å². The number of carbonyl (C=O) groups is 2. The Morgan fingerprint density at radius 2 is 1.86 bits per heavy atom. The van der Waals surface area contributed by atoms with E-state index >= 15 is 0 Å². The molecule has 0 bridgehead atoms. The molecule has 7 heteroatoms. The maximum absolute atomic E-state index is 12.1. The van der Waals surface area contributed by atoms with Crippen molar-refractivity contribution < 1.29 is 9.59 Å². The molecule has 0 spiro atoms. The number of amides is 2. The molecule has 3 rings (SSSR count). The Bertz CT molecular complexity index is 733. The highest BCUT2D eigenvalue weighted by atomic mass is 16.2.